The van der Waals surface area contributed by atoms with E-state index < -0.39 is 0 Å². The van der Waals surface area contributed by atoms with Gasteiger partial charge >= 0.3 is 5.97 Å². The smallest absolute Gasteiger partial charge is 0.324 e. The molecule has 1 saturated carbocycles. The van der Waals surface area contributed by atoms with E-state index in [0.29, 0.717) is 18.4 Å². The van der Waals surface area contributed by atoms with Crippen molar-refractivity contribution in [3.63, 3.8) is 0 Å². The molecule has 1 aromatic carbocycles. The average Bonchev–Trinajstić information content (AvgIpc) is 3.43. The molecule has 1 saturated heterocycles. The molecule has 40 heavy (non-hydrogen) atoms. The van der Waals surface area contributed by atoms with Gasteiger partial charge in [-0.1, -0.05) is 32.1 Å². The first-order valence-corrected chi connectivity index (χ1v) is 15.7. The van der Waals surface area contributed by atoms with E-state index in [2.05, 4.69) is 44.3 Å². The van der Waals surface area contributed by atoms with Crippen molar-refractivity contribution >= 4 is 46.3 Å². The van der Waals surface area contributed by atoms with Gasteiger partial charge in [-0.2, -0.15) is 15.9 Å². The largest absolute Gasteiger partial charge is 0.373 e. The fourth-order valence-corrected chi connectivity index (χ4v) is 6.32. The number of imidazole rings is 1. The number of benzene rings is 1. The molecule has 2 aromatic heterocycles. The van der Waals surface area contributed by atoms with Crippen molar-refractivity contribution in [3.05, 3.63) is 30.6 Å². The number of thioether (sulfide) groups is 1. The fourth-order valence-electron chi connectivity index (χ4n) is 5.40. The van der Waals surface area contributed by atoms with Gasteiger partial charge in [0.15, 0.2) is 17.0 Å². The van der Waals surface area contributed by atoms with Gasteiger partial charge in [0.1, 0.15) is 6.23 Å². The molecule has 0 radical (unpaired) electrons. The molecule has 3 aromatic rings. The number of anilines is 3. The van der Waals surface area contributed by atoms with E-state index >= 15 is 0 Å². The van der Waals surface area contributed by atoms with Crippen molar-refractivity contribution in [2.24, 2.45) is 5.90 Å². The second-order valence-corrected chi connectivity index (χ2v) is 11.8. The van der Waals surface area contributed by atoms with Crippen LogP contribution < -0.4 is 16.5 Å². The number of aromatic nitrogens is 4. The van der Waals surface area contributed by atoms with Crippen molar-refractivity contribution in [1.29, 1.82) is 0 Å². The Morgan fingerprint density at radius 3 is 2.60 bits per heavy atom. The van der Waals surface area contributed by atoms with Gasteiger partial charge in [-0.05, 0) is 75.0 Å². The molecular weight excluding hydrogens is 526 g/mol. The van der Waals surface area contributed by atoms with Crippen molar-refractivity contribution < 1.29 is 14.4 Å². The molecule has 11 heteroatoms. The molecule has 4 N–H and O–H groups in total. The van der Waals surface area contributed by atoms with Crippen LogP contribution in [0.5, 0.6) is 0 Å². The van der Waals surface area contributed by atoms with Crippen LogP contribution in [0, 0.1) is 0 Å². The highest BCUT2D eigenvalue weighted by Gasteiger charge is 2.23. The lowest BCUT2D eigenvalue weighted by Crippen LogP contribution is -2.23. The molecule has 5 rings (SSSR count). The van der Waals surface area contributed by atoms with Crippen LogP contribution in [0.25, 0.3) is 11.2 Å². The van der Waals surface area contributed by atoms with Crippen molar-refractivity contribution in [2.45, 2.75) is 101 Å². The fraction of sp³-hybridized carbons (Fsp3) is 0.586. The zero-order valence-electron chi connectivity index (χ0n) is 23.1. The highest BCUT2D eigenvalue weighted by molar-refractivity contribution is 7.99. The molecular formula is C29H41N7O3S. The third-order valence-electron chi connectivity index (χ3n) is 7.62. The minimum atomic E-state index is -0.339. The first-order chi connectivity index (χ1) is 19.7. The van der Waals surface area contributed by atoms with Crippen LogP contribution in [-0.2, 0) is 14.4 Å². The van der Waals surface area contributed by atoms with Crippen LogP contribution in [-0.4, -0.2) is 43.9 Å². The standard InChI is InChI=1S/C29H41N7O3S/c30-39-25(37)13-6-1-2-9-19-40-23-16-14-22(15-17-23)33-29-34-27(32-21-10-4-3-5-11-21)26-28(35-29)36(20-31-26)24-12-7-8-18-38-24/h14-17,20-21,24H,1-13,18-19,30H2,(H2,32,33,34,35). The summed E-state index contributed by atoms with van der Waals surface area (Å²) in [6, 6.07) is 8.82. The summed E-state index contributed by atoms with van der Waals surface area (Å²) < 4.78 is 8.13. The van der Waals surface area contributed by atoms with Gasteiger partial charge in [0.2, 0.25) is 5.95 Å². The molecule has 1 atom stereocenters. The lowest BCUT2D eigenvalue weighted by atomic mass is 9.95. The van der Waals surface area contributed by atoms with Gasteiger partial charge in [0, 0.05) is 29.7 Å². The van der Waals surface area contributed by atoms with Crippen molar-refractivity contribution in [1.82, 2.24) is 19.5 Å². The van der Waals surface area contributed by atoms with Gasteiger partial charge in [0.25, 0.3) is 0 Å². The number of hydrogen-bond donors (Lipinski definition) is 3. The molecule has 3 heterocycles. The summed E-state index contributed by atoms with van der Waals surface area (Å²) in [5, 5.41) is 7.11. The maximum absolute atomic E-state index is 11.1. The zero-order chi connectivity index (χ0) is 27.6. The minimum Gasteiger partial charge on any atom is -0.373 e. The quantitative estimate of drug-likeness (QED) is 0.120. The molecule has 216 valence electrons. The molecule has 1 unspecified atom stereocenters. The van der Waals surface area contributed by atoms with E-state index in [1.54, 1.807) is 0 Å². The Hall–Kier alpha value is -2.89. The first-order valence-electron chi connectivity index (χ1n) is 14.7. The summed E-state index contributed by atoms with van der Waals surface area (Å²) >= 11 is 1.84. The Morgan fingerprint density at radius 2 is 1.82 bits per heavy atom. The highest BCUT2D eigenvalue weighted by Crippen LogP contribution is 2.31. The number of rotatable bonds is 13. The topological polar surface area (TPSA) is 129 Å². The van der Waals surface area contributed by atoms with E-state index in [1.807, 2.05) is 18.1 Å². The summed E-state index contributed by atoms with van der Waals surface area (Å²) in [6.45, 7) is 0.767. The number of nitrogens with two attached hydrogens (primary N) is 1. The summed E-state index contributed by atoms with van der Waals surface area (Å²) in [7, 11) is 0. The molecule has 10 nitrogen and oxygen atoms in total. The van der Waals surface area contributed by atoms with E-state index in [9.17, 15) is 4.79 Å². The van der Waals surface area contributed by atoms with Gasteiger partial charge in [-0.15, -0.1) is 11.8 Å². The summed E-state index contributed by atoms with van der Waals surface area (Å²) in [4.78, 5) is 31.0. The molecule has 0 bridgehead atoms. The van der Waals surface area contributed by atoms with E-state index in [1.165, 1.54) is 24.2 Å². The maximum Gasteiger partial charge on any atom is 0.324 e. The predicted molar refractivity (Wildman–Crippen MR) is 158 cm³/mol. The second-order valence-electron chi connectivity index (χ2n) is 10.7. The van der Waals surface area contributed by atoms with E-state index in [0.717, 1.165) is 92.8 Å². The Morgan fingerprint density at radius 1 is 1.02 bits per heavy atom. The number of carbonyl (C=O) groups excluding carboxylic acids is 1. The molecule has 2 fully saturated rings. The Kier molecular flexibility index (Phi) is 10.5. The average molecular weight is 568 g/mol. The molecule has 1 aliphatic carbocycles. The SMILES string of the molecule is NOC(=O)CCCCCCSc1ccc(Nc2nc(NC3CCCCC3)c3ncn(C4CCCCO4)c3n2)cc1. The van der Waals surface area contributed by atoms with Gasteiger partial charge in [-0.3, -0.25) is 9.36 Å². The van der Waals surface area contributed by atoms with Crippen LogP contribution in [0.2, 0.25) is 0 Å². The lowest BCUT2D eigenvalue weighted by molar-refractivity contribution is -0.144. The lowest BCUT2D eigenvalue weighted by Gasteiger charge is -2.25. The molecule has 0 amide bonds. The Bertz CT molecular complexity index is 1220. The van der Waals surface area contributed by atoms with Gasteiger partial charge in [0.05, 0.1) is 6.33 Å². The van der Waals surface area contributed by atoms with Crippen LogP contribution in [0.4, 0.5) is 17.5 Å². The summed E-state index contributed by atoms with van der Waals surface area (Å²) in [5.41, 5.74) is 2.55. The van der Waals surface area contributed by atoms with Crippen molar-refractivity contribution in [3.8, 4) is 0 Å². The number of ether oxygens (including phenoxy) is 1. The predicted octanol–water partition coefficient (Wildman–Crippen LogP) is 6.47. The normalized spacial score (nSPS) is 18.1. The summed E-state index contributed by atoms with van der Waals surface area (Å²) in [5.74, 6) is 6.92. The van der Waals surface area contributed by atoms with Crippen molar-refractivity contribution in [2.75, 3.05) is 23.0 Å². The van der Waals surface area contributed by atoms with Crippen LogP contribution in [0.3, 0.4) is 0 Å². The van der Waals surface area contributed by atoms with Crippen LogP contribution in [0.15, 0.2) is 35.5 Å². The molecule has 1 aliphatic heterocycles. The van der Waals surface area contributed by atoms with Crippen LogP contribution in [0.1, 0.15) is 89.7 Å². The monoisotopic (exact) mass is 567 g/mol. The van der Waals surface area contributed by atoms with E-state index in [-0.39, 0.29) is 12.2 Å². The highest BCUT2D eigenvalue weighted by atomic mass is 32.2. The number of hydrogen-bond acceptors (Lipinski definition) is 10. The zero-order valence-corrected chi connectivity index (χ0v) is 24.0. The number of unbranched alkanes of at least 4 members (excludes halogenated alkanes) is 3. The minimum absolute atomic E-state index is 0.0391. The van der Waals surface area contributed by atoms with E-state index in [4.69, 9.17) is 25.6 Å². The Balaban J connectivity index is 1.23. The third-order valence-corrected chi connectivity index (χ3v) is 8.72. The number of fused-ring (bicyclic) bond motifs is 1. The second kappa shape index (κ2) is 14.7. The number of nitrogens with zero attached hydrogens (tertiary/aromatic N) is 4. The first kappa shape index (κ1) is 28.6. The maximum atomic E-state index is 11.1. The Labute approximate surface area is 240 Å². The third kappa shape index (κ3) is 7.86. The molecule has 0 spiro atoms. The van der Waals surface area contributed by atoms with Crippen LogP contribution >= 0.6 is 11.8 Å². The van der Waals surface area contributed by atoms with Gasteiger partial charge < -0.3 is 20.2 Å². The number of nitrogens with one attached hydrogen (secondary N) is 2. The number of carbonyl (C=O) groups is 1. The van der Waals surface area contributed by atoms with Gasteiger partial charge in [-0.25, -0.2) is 4.98 Å². The molecule has 2 aliphatic rings. The summed E-state index contributed by atoms with van der Waals surface area (Å²) in [6.07, 6.45) is 15.5.